The Morgan fingerprint density at radius 3 is 2.87 bits per heavy atom. The number of nitrogens with zero attached hydrogens (tertiary/aromatic N) is 2. The fourth-order valence-electron chi connectivity index (χ4n) is 3.84. The Kier molecular flexibility index (Phi) is 5.03. The maximum Gasteiger partial charge on any atom is 0.130 e. The van der Waals surface area contributed by atoms with E-state index in [1.54, 1.807) is 6.20 Å². The van der Waals surface area contributed by atoms with Gasteiger partial charge in [-0.15, -0.1) is 0 Å². The third-order valence-corrected chi connectivity index (χ3v) is 5.35. The number of aromatic nitrogens is 2. The van der Waals surface area contributed by atoms with E-state index >= 15 is 0 Å². The van der Waals surface area contributed by atoms with Gasteiger partial charge < -0.3 is 14.6 Å². The summed E-state index contributed by atoms with van der Waals surface area (Å²) in [5, 5.41) is 11.8. The fourth-order valence-corrected chi connectivity index (χ4v) is 3.84. The summed E-state index contributed by atoms with van der Waals surface area (Å²) in [5.41, 5.74) is 3.68. The zero-order chi connectivity index (χ0) is 20.3. The third kappa shape index (κ3) is 3.98. The number of para-hydroxylation sites is 1. The molecule has 0 aliphatic carbocycles. The highest BCUT2D eigenvalue weighted by atomic mass is 16.5. The molecule has 3 heterocycles. The van der Waals surface area contributed by atoms with E-state index in [1.807, 2.05) is 72.9 Å². The average Bonchev–Trinajstić information content (AvgIpc) is 2.78. The number of fused-ring (bicyclic) bond motifs is 2. The first kappa shape index (κ1) is 18.6. The van der Waals surface area contributed by atoms with Gasteiger partial charge in [-0.1, -0.05) is 30.3 Å². The van der Waals surface area contributed by atoms with Crippen molar-refractivity contribution in [2.75, 3.05) is 0 Å². The predicted octanol–water partition coefficient (Wildman–Crippen LogP) is 4.64. The van der Waals surface area contributed by atoms with Crippen molar-refractivity contribution in [3.8, 4) is 11.5 Å². The molecule has 5 nitrogen and oxygen atoms in total. The molecule has 1 N–H and O–H groups in total. The lowest BCUT2D eigenvalue weighted by molar-refractivity contribution is 0.0658. The van der Waals surface area contributed by atoms with E-state index in [1.165, 1.54) is 0 Å². The van der Waals surface area contributed by atoms with Crippen LogP contribution in [0.2, 0.25) is 0 Å². The van der Waals surface area contributed by atoms with Crippen molar-refractivity contribution < 1.29 is 14.6 Å². The molecule has 0 saturated carbocycles. The van der Waals surface area contributed by atoms with Crippen LogP contribution in [-0.2, 0) is 13.0 Å². The summed E-state index contributed by atoms with van der Waals surface area (Å²) < 4.78 is 12.1. The van der Waals surface area contributed by atoms with Crippen LogP contribution >= 0.6 is 0 Å². The molecule has 5 rings (SSSR count). The van der Waals surface area contributed by atoms with E-state index in [2.05, 4.69) is 9.97 Å². The van der Waals surface area contributed by atoms with E-state index in [0.29, 0.717) is 24.5 Å². The standard InChI is InChI=1S/C25H22N2O3/c28-24-14-21(12-17-4-3-11-26-15-17)30-25-10-9-20(13-22(24)25)29-16-19-8-7-18-5-1-2-6-23(18)27-19/h1-11,13,15,21,24,28H,12,14,16H2. The molecule has 30 heavy (non-hydrogen) atoms. The topological polar surface area (TPSA) is 64.5 Å². The highest BCUT2D eigenvalue weighted by molar-refractivity contribution is 5.78. The van der Waals surface area contributed by atoms with Gasteiger partial charge in [0.05, 0.1) is 17.3 Å². The van der Waals surface area contributed by atoms with Crippen molar-refractivity contribution in [1.29, 1.82) is 0 Å². The minimum absolute atomic E-state index is 0.0785. The number of rotatable bonds is 5. The second kappa shape index (κ2) is 8.13. The minimum Gasteiger partial charge on any atom is -0.490 e. The first-order chi connectivity index (χ1) is 14.7. The number of pyridine rings is 2. The molecule has 0 radical (unpaired) electrons. The van der Waals surface area contributed by atoms with Crippen LogP contribution in [0.15, 0.2) is 79.1 Å². The Morgan fingerprint density at radius 1 is 1.03 bits per heavy atom. The summed E-state index contributed by atoms with van der Waals surface area (Å²) >= 11 is 0. The van der Waals surface area contributed by atoms with Gasteiger partial charge in [0.2, 0.25) is 0 Å². The average molecular weight is 398 g/mol. The Hall–Kier alpha value is -3.44. The molecule has 150 valence electrons. The molecule has 2 unspecified atom stereocenters. The lowest BCUT2D eigenvalue weighted by atomic mass is 9.95. The lowest BCUT2D eigenvalue weighted by Crippen LogP contribution is -2.27. The molecule has 2 atom stereocenters. The van der Waals surface area contributed by atoms with Crippen LogP contribution in [-0.4, -0.2) is 21.2 Å². The highest BCUT2D eigenvalue weighted by Gasteiger charge is 2.27. The number of hydrogen-bond donors (Lipinski definition) is 1. The van der Waals surface area contributed by atoms with Crippen LogP contribution in [0.3, 0.4) is 0 Å². The zero-order valence-electron chi connectivity index (χ0n) is 16.4. The van der Waals surface area contributed by atoms with Gasteiger partial charge in [0.15, 0.2) is 0 Å². The summed E-state index contributed by atoms with van der Waals surface area (Å²) in [6.45, 7) is 0.365. The molecule has 2 aromatic carbocycles. The van der Waals surface area contributed by atoms with E-state index in [9.17, 15) is 5.11 Å². The lowest BCUT2D eigenvalue weighted by Gasteiger charge is -2.30. The van der Waals surface area contributed by atoms with Crippen molar-refractivity contribution in [1.82, 2.24) is 9.97 Å². The molecule has 5 heteroatoms. The van der Waals surface area contributed by atoms with Gasteiger partial charge in [-0.3, -0.25) is 4.98 Å². The van der Waals surface area contributed by atoms with Crippen LogP contribution in [0.25, 0.3) is 10.9 Å². The first-order valence-corrected chi connectivity index (χ1v) is 10.1. The summed E-state index contributed by atoms with van der Waals surface area (Å²) in [6.07, 6.45) is 4.18. The maximum atomic E-state index is 10.7. The molecule has 2 aromatic heterocycles. The van der Waals surface area contributed by atoms with Gasteiger partial charge in [0, 0.05) is 36.2 Å². The Bertz CT molecular complexity index is 1160. The van der Waals surface area contributed by atoms with Crippen molar-refractivity contribution in [3.05, 3.63) is 95.9 Å². The number of ether oxygens (including phenoxy) is 2. The van der Waals surface area contributed by atoms with E-state index in [-0.39, 0.29) is 6.10 Å². The van der Waals surface area contributed by atoms with E-state index in [4.69, 9.17) is 9.47 Å². The fraction of sp³-hybridized carbons (Fsp3) is 0.200. The smallest absolute Gasteiger partial charge is 0.130 e. The number of aliphatic hydroxyl groups excluding tert-OH is 1. The molecule has 4 aromatic rings. The predicted molar refractivity (Wildman–Crippen MR) is 114 cm³/mol. The van der Waals surface area contributed by atoms with Gasteiger partial charge in [-0.05, 0) is 42.0 Å². The summed E-state index contributed by atoms with van der Waals surface area (Å²) in [6, 6.07) is 21.6. The molecule has 0 amide bonds. The van der Waals surface area contributed by atoms with Crippen molar-refractivity contribution in [3.63, 3.8) is 0 Å². The van der Waals surface area contributed by atoms with Gasteiger partial charge in [-0.2, -0.15) is 0 Å². The molecule has 0 bridgehead atoms. The van der Waals surface area contributed by atoms with Gasteiger partial charge in [-0.25, -0.2) is 4.98 Å². The van der Waals surface area contributed by atoms with Crippen LogP contribution in [0.1, 0.15) is 29.3 Å². The SMILES string of the molecule is OC1CC(Cc2cccnc2)Oc2ccc(OCc3ccc4ccccc4n3)cc21. The number of hydrogen-bond acceptors (Lipinski definition) is 5. The van der Waals surface area contributed by atoms with Crippen molar-refractivity contribution in [2.45, 2.75) is 31.7 Å². The zero-order valence-corrected chi connectivity index (χ0v) is 16.4. The Balaban J connectivity index is 1.27. The molecule has 0 saturated heterocycles. The Labute approximate surface area is 175 Å². The van der Waals surface area contributed by atoms with Crippen LogP contribution in [0, 0.1) is 0 Å². The summed E-state index contributed by atoms with van der Waals surface area (Å²) in [5.74, 6) is 1.40. The van der Waals surface area contributed by atoms with Crippen molar-refractivity contribution >= 4 is 10.9 Å². The maximum absolute atomic E-state index is 10.7. The summed E-state index contributed by atoms with van der Waals surface area (Å²) in [7, 11) is 0. The molecule has 1 aliphatic heterocycles. The second-order valence-electron chi connectivity index (χ2n) is 7.54. The largest absolute Gasteiger partial charge is 0.490 e. The minimum atomic E-state index is -0.585. The van der Waals surface area contributed by atoms with Gasteiger partial charge in [0.25, 0.3) is 0 Å². The molecule has 0 spiro atoms. The van der Waals surface area contributed by atoms with Crippen LogP contribution in [0.4, 0.5) is 0 Å². The van der Waals surface area contributed by atoms with Crippen molar-refractivity contribution in [2.24, 2.45) is 0 Å². The number of benzene rings is 2. The monoisotopic (exact) mass is 398 g/mol. The van der Waals surface area contributed by atoms with E-state index < -0.39 is 6.10 Å². The quantitative estimate of drug-likeness (QED) is 0.531. The van der Waals surface area contributed by atoms with Gasteiger partial charge in [0.1, 0.15) is 24.2 Å². The second-order valence-corrected chi connectivity index (χ2v) is 7.54. The van der Waals surface area contributed by atoms with Crippen LogP contribution < -0.4 is 9.47 Å². The number of aliphatic hydroxyl groups is 1. The first-order valence-electron chi connectivity index (χ1n) is 10.1. The molecular formula is C25H22N2O3. The molecule has 1 aliphatic rings. The normalized spacial score (nSPS) is 17.9. The van der Waals surface area contributed by atoms with E-state index in [0.717, 1.165) is 34.1 Å². The highest BCUT2D eigenvalue weighted by Crippen LogP contribution is 2.38. The molecule has 0 fully saturated rings. The molecular weight excluding hydrogens is 376 g/mol. The van der Waals surface area contributed by atoms with Gasteiger partial charge >= 0.3 is 0 Å². The van der Waals surface area contributed by atoms with Crippen LogP contribution in [0.5, 0.6) is 11.5 Å². The summed E-state index contributed by atoms with van der Waals surface area (Å²) in [4.78, 5) is 8.79. The Morgan fingerprint density at radius 2 is 1.97 bits per heavy atom. The third-order valence-electron chi connectivity index (χ3n) is 5.35.